The smallest absolute Gasteiger partial charge is 0.252 e. The average molecular weight is 339 g/mol. The molecule has 0 bridgehead atoms. The quantitative estimate of drug-likeness (QED) is 0.847. The van der Waals surface area contributed by atoms with Gasteiger partial charge in [0.2, 0.25) is 6.79 Å². The number of carbonyl (C=O) groups is 1. The summed E-state index contributed by atoms with van der Waals surface area (Å²) in [5, 5.41) is 2.72. The molecular formula is C19H17NO5. The molecule has 0 aromatic heterocycles. The van der Waals surface area contributed by atoms with Crippen LogP contribution < -0.4 is 24.3 Å². The summed E-state index contributed by atoms with van der Waals surface area (Å²) in [6.45, 7) is 0.694. The lowest BCUT2D eigenvalue weighted by atomic mass is 10.2. The largest absolute Gasteiger partial charge is 0.497 e. The van der Waals surface area contributed by atoms with Crippen LogP contribution in [0.1, 0.15) is 10.4 Å². The van der Waals surface area contributed by atoms with Crippen LogP contribution in [-0.4, -0.2) is 33.0 Å². The molecule has 2 aromatic carbocycles. The number of nitrogens with one attached hydrogen (secondary N) is 1. The summed E-state index contributed by atoms with van der Waals surface area (Å²) < 4.78 is 21.1. The van der Waals surface area contributed by atoms with Gasteiger partial charge in [0.25, 0.3) is 5.91 Å². The predicted octanol–water partition coefficient (Wildman–Crippen LogP) is 2.24. The molecule has 0 radical (unpaired) electrons. The molecule has 6 heteroatoms. The van der Waals surface area contributed by atoms with Gasteiger partial charge in [-0.3, -0.25) is 4.79 Å². The number of rotatable bonds is 5. The number of fused-ring (bicyclic) bond motifs is 1. The van der Waals surface area contributed by atoms with Crippen molar-refractivity contribution in [2.45, 2.75) is 0 Å². The first-order valence-electron chi connectivity index (χ1n) is 7.66. The zero-order chi connectivity index (χ0) is 17.5. The number of methoxy groups -OCH3 is 1. The number of hydrogen-bond donors (Lipinski definition) is 1. The third-order valence-electron chi connectivity index (χ3n) is 3.47. The Hall–Kier alpha value is -3.33. The van der Waals surface area contributed by atoms with Gasteiger partial charge in [-0.15, -0.1) is 0 Å². The zero-order valence-corrected chi connectivity index (χ0v) is 13.7. The van der Waals surface area contributed by atoms with Crippen molar-refractivity contribution < 1.29 is 23.7 Å². The van der Waals surface area contributed by atoms with Gasteiger partial charge >= 0.3 is 0 Å². The Morgan fingerprint density at radius 1 is 1.08 bits per heavy atom. The minimum absolute atomic E-state index is 0.186. The Labute approximate surface area is 145 Å². The maximum atomic E-state index is 11.9. The molecule has 0 saturated carbocycles. The van der Waals surface area contributed by atoms with Crippen LogP contribution in [0.2, 0.25) is 0 Å². The van der Waals surface area contributed by atoms with Crippen LogP contribution in [0.3, 0.4) is 0 Å². The van der Waals surface area contributed by atoms with Gasteiger partial charge in [0, 0.05) is 11.6 Å². The molecule has 1 N–H and O–H groups in total. The molecule has 0 unspecified atom stereocenters. The van der Waals surface area contributed by atoms with E-state index in [2.05, 4.69) is 17.2 Å². The average Bonchev–Trinajstić information content (AvgIpc) is 3.12. The molecule has 25 heavy (non-hydrogen) atoms. The van der Waals surface area contributed by atoms with Crippen LogP contribution in [0.25, 0.3) is 0 Å². The van der Waals surface area contributed by atoms with Crippen LogP contribution in [0.4, 0.5) is 0 Å². The highest BCUT2D eigenvalue weighted by atomic mass is 16.7. The van der Waals surface area contributed by atoms with Crippen LogP contribution in [0.5, 0.6) is 23.0 Å². The normalized spacial score (nSPS) is 11.2. The number of benzene rings is 2. The van der Waals surface area contributed by atoms with E-state index >= 15 is 0 Å². The molecular weight excluding hydrogens is 322 g/mol. The van der Waals surface area contributed by atoms with Gasteiger partial charge in [0.05, 0.1) is 13.7 Å². The van der Waals surface area contributed by atoms with Crippen LogP contribution >= 0.6 is 0 Å². The Morgan fingerprint density at radius 3 is 2.64 bits per heavy atom. The van der Waals surface area contributed by atoms with Crippen LogP contribution in [0.15, 0.2) is 42.5 Å². The van der Waals surface area contributed by atoms with Crippen molar-refractivity contribution in [3.05, 3.63) is 48.0 Å². The van der Waals surface area contributed by atoms with Gasteiger partial charge in [0.15, 0.2) is 11.5 Å². The Kier molecular flexibility index (Phi) is 5.27. The van der Waals surface area contributed by atoms with Gasteiger partial charge in [-0.1, -0.05) is 11.8 Å². The van der Waals surface area contributed by atoms with Crippen molar-refractivity contribution in [2.24, 2.45) is 0 Å². The van der Waals surface area contributed by atoms with Crippen molar-refractivity contribution in [1.82, 2.24) is 5.32 Å². The molecule has 0 atom stereocenters. The summed E-state index contributed by atoms with van der Waals surface area (Å²) in [7, 11) is 1.58. The molecule has 1 amide bonds. The highest BCUT2D eigenvalue weighted by Gasteiger charge is 2.13. The minimum Gasteiger partial charge on any atom is -0.497 e. The van der Waals surface area contributed by atoms with Crippen molar-refractivity contribution >= 4 is 5.91 Å². The van der Waals surface area contributed by atoms with Crippen molar-refractivity contribution in [2.75, 3.05) is 27.1 Å². The fourth-order valence-electron chi connectivity index (χ4n) is 2.17. The van der Waals surface area contributed by atoms with Crippen LogP contribution in [-0.2, 0) is 0 Å². The maximum Gasteiger partial charge on any atom is 0.252 e. The molecule has 1 aliphatic heterocycles. The van der Waals surface area contributed by atoms with E-state index < -0.39 is 0 Å². The SMILES string of the molecule is COc1ccc(C(=O)NCC#CCOc2ccc3c(c2)OCO3)cc1. The minimum atomic E-state index is -0.186. The van der Waals surface area contributed by atoms with Crippen molar-refractivity contribution in [3.8, 4) is 34.8 Å². The lowest BCUT2D eigenvalue weighted by Gasteiger charge is -2.03. The number of carbonyl (C=O) groups excluding carboxylic acids is 1. The van der Waals surface area contributed by atoms with E-state index in [1.807, 2.05) is 0 Å². The van der Waals surface area contributed by atoms with E-state index in [1.165, 1.54) is 0 Å². The lowest BCUT2D eigenvalue weighted by Crippen LogP contribution is -2.23. The molecule has 0 spiro atoms. The van der Waals surface area contributed by atoms with E-state index in [4.69, 9.17) is 18.9 Å². The second kappa shape index (κ2) is 7.97. The van der Waals surface area contributed by atoms with Crippen molar-refractivity contribution in [1.29, 1.82) is 0 Å². The Morgan fingerprint density at radius 2 is 1.84 bits per heavy atom. The molecule has 0 fully saturated rings. The zero-order valence-electron chi connectivity index (χ0n) is 13.7. The van der Waals surface area contributed by atoms with E-state index in [1.54, 1.807) is 49.6 Å². The summed E-state index contributed by atoms with van der Waals surface area (Å²) in [4.78, 5) is 11.9. The summed E-state index contributed by atoms with van der Waals surface area (Å²) in [6, 6.07) is 12.2. The van der Waals surface area contributed by atoms with Gasteiger partial charge in [-0.05, 0) is 36.4 Å². The molecule has 1 heterocycles. The fraction of sp³-hybridized carbons (Fsp3) is 0.211. The highest BCUT2D eigenvalue weighted by Crippen LogP contribution is 2.34. The molecule has 1 aliphatic rings. The molecule has 0 aliphatic carbocycles. The van der Waals surface area contributed by atoms with Gasteiger partial charge in [0.1, 0.15) is 18.1 Å². The molecule has 6 nitrogen and oxygen atoms in total. The lowest BCUT2D eigenvalue weighted by molar-refractivity contribution is 0.0958. The second-order valence-electron chi connectivity index (χ2n) is 5.07. The highest BCUT2D eigenvalue weighted by molar-refractivity contribution is 5.94. The maximum absolute atomic E-state index is 11.9. The van der Waals surface area contributed by atoms with E-state index in [9.17, 15) is 4.79 Å². The third-order valence-corrected chi connectivity index (χ3v) is 3.47. The van der Waals surface area contributed by atoms with Gasteiger partial charge in [-0.25, -0.2) is 0 Å². The Bertz CT molecular complexity index is 805. The predicted molar refractivity (Wildman–Crippen MR) is 91.2 cm³/mol. The topological polar surface area (TPSA) is 66.0 Å². The standard InChI is InChI=1S/C19H17NO5/c1-22-15-6-4-14(5-7-15)19(21)20-10-2-3-11-23-16-8-9-17-18(12-16)25-13-24-17/h4-9,12H,10-11,13H2,1H3,(H,20,21). The first-order chi connectivity index (χ1) is 12.3. The first kappa shape index (κ1) is 16.5. The number of ether oxygens (including phenoxy) is 4. The summed E-state index contributed by atoms with van der Waals surface area (Å²) in [6.07, 6.45) is 0. The summed E-state index contributed by atoms with van der Waals surface area (Å²) in [5.74, 6) is 8.24. The summed E-state index contributed by atoms with van der Waals surface area (Å²) >= 11 is 0. The Balaban J connectivity index is 1.41. The van der Waals surface area contributed by atoms with Gasteiger partial charge < -0.3 is 24.3 Å². The third kappa shape index (κ3) is 4.36. The van der Waals surface area contributed by atoms with E-state index in [0.717, 1.165) is 0 Å². The molecule has 128 valence electrons. The summed E-state index contributed by atoms with van der Waals surface area (Å²) in [5.41, 5.74) is 0.555. The fourth-order valence-corrected chi connectivity index (χ4v) is 2.17. The van der Waals surface area contributed by atoms with E-state index in [0.29, 0.717) is 28.6 Å². The molecule has 0 saturated heterocycles. The second-order valence-corrected chi connectivity index (χ2v) is 5.07. The van der Waals surface area contributed by atoms with Crippen molar-refractivity contribution in [3.63, 3.8) is 0 Å². The van der Waals surface area contributed by atoms with Gasteiger partial charge in [-0.2, -0.15) is 0 Å². The molecule has 3 rings (SSSR count). The number of amides is 1. The van der Waals surface area contributed by atoms with E-state index in [-0.39, 0.29) is 25.9 Å². The number of hydrogen-bond acceptors (Lipinski definition) is 5. The molecule has 2 aromatic rings. The first-order valence-corrected chi connectivity index (χ1v) is 7.66. The monoisotopic (exact) mass is 339 g/mol. The van der Waals surface area contributed by atoms with Crippen LogP contribution in [0, 0.1) is 11.8 Å².